The molecular formula is C22H19Br2NO4S. The zero-order valence-electron chi connectivity index (χ0n) is 16.3. The minimum Gasteiger partial charge on any atom is -0.483 e. The first-order valence-corrected chi connectivity index (χ1v) is 12.0. The summed E-state index contributed by atoms with van der Waals surface area (Å²) < 4.78 is 34.5. The van der Waals surface area contributed by atoms with Crippen molar-refractivity contribution in [2.24, 2.45) is 0 Å². The summed E-state index contributed by atoms with van der Waals surface area (Å²) in [6, 6.07) is 18.3. The van der Waals surface area contributed by atoms with Crippen molar-refractivity contribution in [2.45, 2.75) is 18.7 Å². The van der Waals surface area contributed by atoms with Crippen LogP contribution in [0.15, 0.2) is 80.6 Å². The first kappa shape index (κ1) is 22.5. The maximum atomic E-state index is 13.3. The van der Waals surface area contributed by atoms with Gasteiger partial charge in [-0.1, -0.05) is 51.3 Å². The van der Waals surface area contributed by atoms with E-state index in [4.69, 9.17) is 4.74 Å². The summed E-state index contributed by atoms with van der Waals surface area (Å²) >= 11 is 6.72. The van der Waals surface area contributed by atoms with E-state index in [2.05, 4.69) is 31.9 Å². The number of hydrogen-bond donors (Lipinski definition) is 0. The normalized spacial score (nSPS) is 11.2. The number of hydrogen-bond acceptors (Lipinski definition) is 4. The lowest BCUT2D eigenvalue weighted by Gasteiger charge is -2.23. The number of anilines is 1. The molecule has 3 aromatic rings. The smallest absolute Gasteiger partial charge is 0.278 e. The van der Waals surface area contributed by atoms with Gasteiger partial charge in [0.15, 0.2) is 6.61 Å². The molecule has 0 unspecified atom stereocenters. The van der Waals surface area contributed by atoms with Crippen molar-refractivity contribution in [2.75, 3.05) is 10.9 Å². The Morgan fingerprint density at radius 2 is 1.47 bits per heavy atom. The fraction of sp³-hybridized carbons (Fsp3) is 0.136. The molecule has 0 aliphatic heterocycles. The molecule has 3 aromatic carbocycles. The van der Waals surface area contributed by atoms with Crippen molar-refractivity contribution in [1.29, 1.82) is 0 Å². The van der Waals surface area contributed by atoms with Crippen LogP contribution in [0.1, 0.15) is 11.1 Å². The molecule has 0 bridgehead atoms. The third kappa shape index (κ3) is 5.11. The highest BCUT2D eigenvalue weighted by Gasteiger charge is 2.31. The number of carbonyl (C=O) groups is 1. The van der Waals surface area contributed by atoms with Gasteiger partial charge in [-0.2, -0.15) is 4.31 Å². The monoisotopic (exact) mass is 551 g/mol. The maximum Gasteiger partial charge on any atom is 0.278 e. The predicted molar refractivity (Wildman–Crippen MR) is 124 cm³/mol. The van der Waals surface area contributed by atoms with Gasteiger partial charge in [0.25, 0.3) is 15.9 Å². The number of rotatable bonds is 6. The van der Waals surface area contributed by atoms with Crippen LogP contribution in [0, 0.1) is 13.8 Å². The van der Waals surface area contributed by atoms with Crippen LogP contribution in [0.2, 0.25) is 0 Å². The summed E-state index contributed by atoms with van der Waals surface area (Å²) in [6.07, 6.45) is 0. The molecule has 5 nitrogen and oxygen atoms in total. The summed E-state index contributed by atoms with van der Waals surface area (Å²) in [5.41, 5.74) is 2.13. The first-order valence-electron chi connectivity index (χ1n) is 8.98. The van der Waals surface area contributed by atoms with Crippen LogP contribution in [0.4, 0.5) is 5.69 Å². The van der Waals surface area contributed by atoms with E-state index in [1.54, 1.807) is 54.6 Å². The molecule has 0 aliphatic rings. The fourth-order valence-electron chi connectivity index (χ4n) is 2.70. The highest BCUT2D eigenvalue weighted by molar-refractivity contribution is 9.11. The third-order valence-electron chi connectivity index (χ3n) is 4.30. The Hall–Kier alpha value is -2.16. The number of halogens is 2. The molecule has 8 heteroatoms. The van der Waals surface area contributed by atoms with Crippen LogP contribution < -0.4 is 9.04 Å². The minimum absolute atomic E-state index is 0.0341. The molecule has 0 aromatic heterocycles. The van der Waals surface area contributed by atoms with E-state index in [-0.39, 0.29) is 10.6 Å². The van der Waals surface area contributed by atoms with Gasteiger partial charge in [0.05, 0.1) is 15.1 Å². The van der Waals surface area contributed by atoms with E-state index in [0.717, 1.165) is 19.9 Å². The van der Waals surface area contributed by atoms with E-state index >= 15 is 0 Å². The number of sulfonamides is 1. The standard InChI is InChI=1S/C22H19Br2NO4S/c1-15-3-8-18(9-4-15)25(30(27,28)19-10-5-16(2)6-11-19)22(26)14-29-21-12-7-17(23)13-20(21)24/h3-13H,14H2,1-2H3. The molecule has 0 radical (unpaired) electrons. The van der Waals surface area contributed by atoms with Crippen molar-refractivity contribution < 1.29 is 17.9 Å². The van der Waals surface area contributed by atoms with E-state index in [0.29, 0.717) is 10.2 Å². The van der Waals surface area contributed by atoms with Crippen LogP contribution in [-0.2, 0) is 14.8 Å². The summed E-state index contributed by atoms with van der Waals surface area (Å²) in [5, 5.41) is 0. The molecule has 0 atom stereocenters. The SMILES string of the molecule is Cc1ccc(N(C(=O)COc2ccc(Br)cc2Br)S(=O)(=O)c2ccc(C)cc2)cc1. The molecule has 156 valence electrons. The molecule has 0 saturated carbocycles. The molecular weight excluding hydrogens is 534 g/mol. The number of carbonyl (C=O) groups excluding carboxylic acids is 1. The lowest BCUT2D eigenvalue weighted by Crippen LogP contribution is -2.40. The van der Waals surface area contributed by atoms with Gasteiger partial charge in [-0.15, -0.1) is 0 Å². The number of nitrogens with zero attached hydrogens (tertiary/aromatic N) is 1. The van der Waals surface area contributed by atoms with Crippen molar-refractivity contribution in [3.8, 4) is 5.75 Å². The van der Waals surface area contributed by atoms with Crippen molar-refractivity contribution in [3.63, 3.8) is 0 Å². The average molecular weight is 553 g/mol. The Morgan fingerprint density at radius 1 is 0.900 bits per heavy atom. The molecule has 0 N–H and O–H groups in total. The Bertz CT molecular complexity index is 1160. The van der Waals surface area contributed by atoms with Gasteiger partial charge < -0.3 is 4.74 Å². The number of benzene rings is 3. The summed E-state index contributed by atoms with van der Waals surface area (Å²) in [7, 11) is -4.12. The Kier molecular flexibility index (Phi) is 7.00. The van der Waals surface area contributed by atoms with Gasteiger partial charge in [0.1, 0.15) is 5.75 Å². The van der Waals surface area contributed by atoms with Gasteiger partial charge in [0, 0.05) is 4.47 Å². The lowest BCUT2D eigenvalue weighted by molar-refractivity contribution is -0.119. The molecule has 0 saturated heterocycles. The van der Waals surface area contributed by atoms with Crippen LogP contribution in [-0.4, -0.2) is 20.9 Å². The van der Waals surface area contributed by atoms with E-state index < -0.39 is 22.5 Å². The second-order valence-corrected chi connectivity index (χ2v) is 10.2. The molecule has 0 fully saturated rings. The molecule has 0 heterocycles. The zero-order valence-corrected chi connectivity index (χ0v) is 20.3. The molecule has 0 spiro atoms. The summed E-state index contributed by atoms with van der Waals surface area (Å²) in [5.74, 6) is -0.266. The van der Waals surface area contributed by atoms with Crippen molar-refractivity contribution >= 4 is 53.5 Å². The van der Waals surface area contributed by atoms with E-state index in [1.165, 1.54) is 12.1 Å². The largest absolute Gasteiger partial charge is 0.483 e. The Morgan fingerprint density at radius 3 is 2.03 bits per heavy atom. The lowest BCUT2D eigenvalue weighted by atomic mass is 10.2. The summed E-state index contributed by atoms with van der Waals surface area (Å²) in [6.45, 7) is 3.31. The Balaban J connectivity index is 1.95. The van der Waals surface area contributed by atoms with Gasteiger partial charge in [-0.3, -0.25) is 4.79 Å². The van der Waals surface area contributed by atoms with E-state index in [9.17, 15) is 13.2 Å². The van der Waals surface area contributed by atoms with Crippen molar-refractivity contribution in [3.05, 3.63) is 86.8 Å². The summed E-state index contributed by atoms with van der Waals surface area (Å²) in [4.78, 5) is 13.1. The molecule has 3 rings (SSSR count). The predicted octanol–water partition coefficient (Wildman–Crippen LogP) is 5.63. The maximum absolute atomic E-state index is 13.3. The van der Waals surface area contributed by atoms with Gasteiger partial charge in [0.2, 0.25) is 0 Å². The zero-order chi connectivity index (χ0) is 21.9. The molecule has 1 amide bonds. The van der Waals surface area contributed by atoms with Crippen LogP contribution in [0.5, 0.6) is 5.75 Å². The number of ether oxygens (including phenoxy) is 1. The Labute approximate surface area is 193 Å². The number of amides is 1. The topological polar surface area (TPSA) is 63.7 Å². The first-order chi connectivity index (χ1) is 14.2. The quantitative estimate of drug-likeness (QED) is 0.397. The van der Waals surface area contributed by atoms with Crippen molar-refractivity contribution in [1.82, 2.24) is 0 Å². The molecule has 0 aliphatic carbocycles. The van der Waals surface area contributed by atoms with Crippen LogP contribution in [0.3, 0.4) is 0 Å². The van der Waals surface area contributed by atoms with Crippen LogP contribution >= 0.6 is 31.9 Å². The number of aryl methyl sites for hydroxylation is 2. The van der Waals surface area contributed by atoms with Gasteiger partial charge >= 0.3 is 0 Å². The van der Waals surface area contributed by atoms with Crippen LogP contribution in [0.25, 0.3) is 0 Å². The molecule has 30 heavy (non-hydrogen) atoms. The second kappa shape index (κ2) is 9.32. The second-order valence-electron chi connectivity index (χ2n) is 6.68. The minimum atomic E-state index is -4.12. The fourth-order valence-corrected chi connectivity index (χ4v) is 5.28. The average Bonchev–Trinajstić information content (AvgIpc) is 2.69. The highest BCUT2D eigenvalue weighted by Crippen LogP contribution is 2.29. The van der Waals surface area contributed by atoms with Gasteiger partial charge in [-0.25, -0.2) is 8.42 Å². The van der Waals surface area contributed by atoms with Gasteiger partial charge in [-0.05, 0) is 72.2 Å². The van der Waals surface area contributed by atoms with E-state index in [1.807, 2.05) is 13.8 Å². The highest BCUT2D eigenvalue weighted by atomic mass is 79.9. The third-order valence-corrected chi connectivity index (χ3v) is 7.18.